The molecule has 0 unspecified atom stereocenters. The first-order valence-electron chi connectivity index (χ1n) is 3.80. The Balaban J connectivity index is 2.40. The molecule has 0 heterocycles. The second-order valence-electron chi connectivity index (χ2n) is 2.73. The molecule has 0 spiro atoms. The van der Waals surface area contributed by atoms with Gasteiger partial charge < -0.3 is 0 Å². The standard InChI is InChI=1S/C10H14/c1-3-4-5-10-7-6-9(2)8-10/h3-4,6,8H,5,7H2,1-2H3. The van der Waals surface area contributed by atoms with Gasteiger partial charge in [0.2, 0.25) is 0 Å². The topological polar surface area (TPSA) is 0 Å². The van der Waals surface area contributed by atoms with E-state index in [0.717, 1.165) is 12.8 Å². The fourth-order valence-corrected chi connectivity index (χ4v) is 1.14. The first kappa shape index (κ1) is 7.33. The van der Waals surface area contributed by atoms with Crippen molar-refractivity contribution in [2.24, 2.45) is 0 Å². The molecule has 1 rings (SSSR count). The molecule has 1 aliphatic carbocycles. The van der Waals surface area contributed by atoms with E-state index >= 15 is 0 Å². The third-order valence-corrected chi connectivity index (χ3v) is 1.73. The molecule has 0 N–H and O–H groups in total. The minimum absolute atomic E-state index is 1.13. The lowest BCUT2D eigenvalue weighted by Gasteiger charge is -1.92. The first-order valence-corrected chi connectivity index (χ1v) is 3.80. The summed E-state index contributed by atoms with van der Waals surface area (Å²) in [6, 6.07) is 0. The Hall–Kier alpha value is -0.780. The van der Waals surface area contributed by atoms with Crippen molar-refractivity contribution in [2.75, 3.05) is 0 Å². The molecule has 0 heteroatoms. The van der Waals surface area contributed by atoms with Gasteiger partial charge in [0, 0.05) is 0 Å². The third kappa shape index (κ3) is 1.87. The van der Waals surface area contributed by atoms with Crippen LogP contribution in [0.4, 0.5) is 0 Å². The van der Waals surface area contributed by atoms with Crippen molar-refractivity contribution in [3.63, 3.8) is 0 Å². The fraction of sp³-hybridized carbons (Fsp3) is 0.400. The summed E-state index contributed by atoms with van der Waals surface area (Å²) in [7, 11) is 0. The number of rotatable bonds is 2. The summed E-state index contributed by atoms with van der Waals surface area (Å²) in [5, 5.41) is 0. The Morgan fingerprint density at radius 1 is 1.60 bits per heavy atom. The van der Waals surface area contributed by atoms with Crippen molar-refractivity contribution in [1.29, 1.82) is 0 Å². The maximum atomic E-state index is 2.28. The summed E-state index contributed by atoms with van der Waals surface area (Å²) in [6.45, 7) is 4.22. The van der Waals surface area contributed by atoms with E-state index in [2.05, 4.69) is 38.2 Å². The second kappa shape index (κ2) is 3.40. The highest BCUT2D eigenvalue weighted by Gasteiger charge is 1.99. The van der Waals surface area contributed by atoms with Crippen LogP contribution in [-0.4, -0.2) is 0 Å². The Kier molecular flexibility index (Phi) is 2.49. The molecule has 10 heavy (non-hydrogen) atoms. The summed E-state index contributed by atoms with van der Waals surface area (Å²) in [6.07, 6.45) is 11.2. The summed E-state index contributed by atoms with van der Waals surface area (Å²) in [4.78, 5) is 0. The largest absolute Gasteiger partial charge is 0.0913 e. The molecule has 0 amide bonds. The van der Waals surface area contributed by atoms with E-state index in [4.69, 9.17) is 0 Å². The molecule has 54 valence electrons. The molecule has 0 atom stereocenters. The quantitative estimate of drug-likeness (QED) is 0.509. The smallest absolute Gasteiger partial charge is 0.0127 e. The van der Waals surface area contributed by atoms with Gasteiger partial charge in [-0.05, 0) is 26.7 Å². The van der Waals surface area contributed by atoms with Gasteiger partial charge in [-0.1, -0.05) is 35.5 Å². The van der Waals surface area contributed by atoms with Crippen LogP contribution in [0.2, 0.25) is 0 Å². The molecule has 0 nitrogen and oxygen atoms in total. The average molecular weight is 134 g/mol. The predicted molar refractivity (Wildman–Crippen MR) is 45.9 cm³/mol. The van der Waals surface area contributed by atoms with E-state index in [1.54, 1.807) is 0 Å². The zero-order valence-electron chi connectivity index (χ0n) is 6.72. The monoisotopic (exact) mass is 134 g/mol. The minimum atomic E-state index is 1.13. The lowest BCUT2D eigenvalue weighted by molar-refractivity contribution is 1.13. The van der Waals surface area contributed by atoms with Gasteiger partial charge in [-0.3, -0.25) is 0 Å². The summed E-state index contributed by atoms with van der Waals surface area (Å²) in [5.41, 5.74) is 2.95. The van der Waals surface area contributed by atoms with E-state index in [9.17, 15) is 0 Å². The molecular formula is C10H14. The lowest BCUT2D eigenvalue weighted by Crippen LogP contribution is -1.72. The van der Waals surface area contributed by atoms with Crippen LogP contribution in [0, 0.1) is 0 Å². The van der Waals surface area contributed by atoms with Crippen LogP contribution in [0.15, 0.2) is 35.5 Å². The molecule has 0 saturated carbocycles. The van der Waals surface area contributed by atoms with E-state index in [1.165, 1.54) is 11.1 Å². The number of hydrogen-bond acceptors (Lipinski definition) is 0. The summed E-state index contributed by atoms with van der Waals surface area (Å²) < 4.78 is 0. The third-order valence-electron chi connectivity index (χ3n) is 1.73. The van der Waals surface area contributed by atoms with E-state index < -0.39 is 0 Å². The average Bonchev–Trinajstić information content (AvgIpc) is 2.31. The fourth-order valence-electron chi connectivity index (χ4n) is 1.14. The Morgan fingerprint density at radius 2 is 2.40 bits per heavy atom. The zero-order valence-corrected chi connectivity index (χ0v) is 6.72. The van der Waals surface area contributed by atoms with Crippen LogP contribution in [0.25, 0.3) is 0 Å². The van der Waals surface area contributed by atoms with Gasteiger partial charge in [0.1, 0.15) is 0 Å². The van der Waals surface area contributed by atoms with Gasteiger partial charge in [0.25, 0.3) is 0 Å². The normalized spacial score (nSPS) is 17.8. The zero-order chi connectivity index (χ0) is 7.40. The maximum absolute atomic E-state index is 2.28. The molecule has 1 aliphatic rings. The molecule has 0 saturated heterocycles. The molecule has 0 aliphatic heterocycles. The highest BCUT2D eigenvalue weighted by molar-refractivity contribution is 5.31. The van der Waals surface area contributed by atoms with Gasteiger partial charge in [0.15, 0.2) is 0 Å². The lowest BCUT2D eigenvalue weighted by atomic mass is 10.1. The molecule has 0 bridgehead atoms. The van der Waals surface area contributed by atoms with Gasteiger partial charge in [-0.2, -0.15) is 0 Å². The molecule has 0 aromatic rings. The van der Waals surface area contributed by atoms with Gasteiger partial charge >= 0.3 is 0 Å². The second-order valence-corrected chi connectivity index (χ2v) is 2.73. The molecule has 0 aromatic heterocycles. The molecule has 0 radical (unpaired) electrons. The highest BCUT2D eigenvalue weighted by atomic mass is 14.1. The number of allylic oxidation sites excluding steroid dienone is 6. The van der Waals surface area contributed by atoms with Gasteiger partial charge in [-0.15, -0.1) is 0 Å². The van der Waals surface area contributed by atoms with Crippen LogP contribution in [-0.2, 0) is 0 Å². The Labute approximate surface area is 62.9 Å². The summed E-state index contributed by atoms with van der Waals surface area (Å²) >= 11 is 0. The van der Waals surface area contributed by atoms with Crippen molar-refractivity contribution in [3.8, 4) is 0 Å². The highest BCUT2D eigenvalue weighted by Crippen LogP contribution is 2.19. The van der Waals surface area contributed by atoms with E-state index in [0.29, 0.717) is 0 Å². The van der Waals surface area contributed by atoms with E-state index in [-0.39, 0.29) is 0 Å². The predicted octanol–water partition coefficient (Wildman–Crippen LogP) is 3.23. The van der Waals surface area contributed by atoms with Crippen molar-refractivity contribution in [3.05, 3.63) is 35.5 Å². The summed E-state index contributed by atoms with van der Waals surface area (Å²) in [5.74, 6) is 0. The van der Waals surface area contributed by atoms with Gasteiger partial charge in [0.05, 0.1) is 0 Å². The van der Waals surface area contributed by atoms with Crippen molar-refractivity contribution < 1.29 is 0 Å². The van der Waals surface area contributed by atoms with Crippen molar-refractivity contribution in [2.45, 2.75) is 26.7 Å². The molecule has 0 fully saturated rings. The van der Waals surface area contributed by atoms with E-state index in [1.807, 2.05) is 0 Å². The molecule has 0 aromatic carbocycles. The van der Waals surface area contributed by atoms with Crippen LogP contribution in [0.3, 0.4) is 0 Å². The van der Waals surface area contributed by atoms with Crippen molar-refractivity contribution in [1.82, 2.24) is 0 Å². The minimum Gasteiger partial charge on any atom is -0.0913 e. The van der Waals surface area contributed by atoms with Gasteiger partial charge in [-0.25, -0.2) is 0 Å². The number of hydrogen-bond donors (Lipinski definition) is 0. The van der Waals surface area contributed by atoms with Crippen LogP contribution < -0.4 is 0 Å². The van der Waals surface area contributed by atoms with Crippen LogP contribution in [0.5, 0.6) is 0 Å². The van der Waals surface area contributed by atoms with Crippen LogP contribution >= 0.6 is 0 Å². The van der Waals surface area contributed by atoms with Crippen molar-refractivity contribution >= 4 is 0 Å². The first-order chi connectivity index (χ1) is 4.83. The SMILES string of the molecule is CC=CCC1=CC(C)=CC1. The Bertz CT molecular complexity index is 192. The molecular weight excluding hydrogens is 120 g/mol. The Morgan fingerprint density at radius 3 is 2.90 bits per heavy atom. The van der Waals surface area contributed by atoms with Crippen LogP contribution in [0.1, 0.15) is 26.7 Å². The maximum Gasteiger partial charge on any atom is -0.0127 e.